The molecular formula is C46H28O. The van der Waals surface area contributed by atoms with Crippen LogP contribution >= 0.6 is 0 Å². The van der Waals surface area contributed by atoms with Gasteiger partial charge in [0.05, 0.1) is 9.60 Å². The van der Waals surface area contributed by atoms with Crippen molar-refractivity contribution >= 4 is 65.0 Å². The Bertz CT molecular complexity index is 3230. The van der Waals surface area contributed by atoms with Crippen LogP contribution in [0, 0.1) is 0 Å². The molecule has 0 amide bonds. The second-order valence-corrected chi connectivity index (χ2v) is 11.9. The molecule has 10 aromatic rings. The molecule has 1 heterocycles. The number of furan rings is 1. The maximum absolute atomic E-state index is 9.40. The van der Waals surface area contributed by atoms with Crippen LogP contribution in [-0.2, 0) is 0 Å². The highest BCUT2D eigenvalue weighted by Crippen LogP contribution is 2.49. The van der Waals surface area contributed by atoms with Crippen molar-refractivity contribution in [3.8, 4) is 33.4 Å². The number of hydrogen-bond acceptors (Lipinski definition) is 1. The molecule has 0 bridgehead atoms. The Morgan fingerprint density at radius 2 is 1.11 bits per heavy atom. The Hall–Kier alpha value is -6.18. The van der Waals surface area contributed by atoms with Gasteiger partial charge in [-0.3, -0.25) is 0 Å². The number of benzene rings is 9. The van der Waals surface area contributed by atoms with Crippen molar-refractivity contribution in [3.63, 3.8) is 0 Å². The lowest BCUT2D eigenvalue weighted by Gasteiger charge is -2.20. The predicted octanol–water partition coefficient (Wildman–Crippen LogP) is 13.2. The number of fused-ring (bicyclic) bond motifs is 8. The van der Waals surface area contributed by atoms with Crippen molar-refractivity contribution in [1.82, 2.24) is 0 Å². The summed E-state index contributed by atoms with van der Waals surface area (Å²) in [5.41, 5.74) is 6.15. The van der Waals surface area contributed by atoms with E-state index in [2.05, 4.69) is 48.5 Å². The molecule has 0 atom stereocenters. The van der Waals surface area contributed by atoms with E-state index in [9.17, 15) is 1.37 Å². The van der Waals surface area contributed by atoms with Crippen molar-refractivity contribution in [3.05, 3.63) is 170 Å². The van der Waals surface area contributed by atoms with Crippen LogP contribution < -0.4 is 0 Å². The van der Waals surface area contributed by atoms with Crippen LogP contribution in [0.1, 0.15) is 9.60 Å². The summed E-state index contributed by atoms with van der Waals surface area (Å²) in [6.07, 6.45) is 0. The van der Waals surface area contributed by atoms with Crippen LogP contribution in [0.3, 0.4) is 0 Å². The SMILES string of the molecule is [2H]c1c([2H])c([2H])c2c(-c3c4ccccc4c(-c4cccc5oc6c7ccccc7ccc6c45)c4ccc(-c5ccccc5)cc34)c([2H])c([2H])c([2H])c2c1[2H]. The van der Waals surface area contributed by atoms with Crippen LogP contribution in [-0.4, -0.2) is 0 Å². The first-order chi connectivity index (χ1) is 26.2. The van der Waals surface area contributed by atoms with E-state index in [1.807, 2.05) is 78.9 Å². The van der Waals surface area contributed by atoms with Crippen molar-refractivity contribution < 1.29 is 14.0 Å². The summed E-state index contributed by atoms with van der Waals surface area (Å²) in [6.45, 7) is 0. The molecule has 1 heteroatoms. The van der Waals surface area contributed by atoms with Crippen LogP contribution in [0.25, 0.3) is 98.4 Å². The van der Waals surface area contributed by atoms with Gasteiger partial charge in [0.25, 0.3) is 0 Å². The third-order valence-electron chi connectivity index (χ3n) is 9.35. The fourth-order valence-corrected chi connectivity index (χ4v) is 7.31. The maximum Gasteiger partial charge on any atom is 0.143 e. The van der Waals surface area contributed by atoms with Gasteiger partial charge in [-0.15, -0.1) is 0 Å². The Labute approximate surface area is 281 Å². The molecule has 1 aromatic heterocycles. The average Bonchev–Trinajstić information content (AvgIpc) is 3.60. The highest BCUT2D eigenvalue weighted by molar-refractivity contribution is 6.28. The summed E-state index contributed by atoms with van der Waals surface area (Å²) in [7, 11) is 0. The van der Waals surface area contributed by atoms with E-state index in [1.165, 1.54) is 0 Å². The molecule has 0 aliphatic rings. The van der Waals surface area contributed by atoms with Crippen LogP contribution in [0.5, 0.6) is 0 Å². The molecule has 0 N–H and O–H groups in total. The van der Waals surface area contributed by atoms with Gasteiger partial charge in [0.1, 0.15) is 11.2 Å². The third-order valence-corrected chi connectivity index (χ3v) is 9.35. The minimum atomic E-state index is -0.478. The van der Waals surface area contributed by atoms with E-state index >= 15 is 0 Å². The van der Waals surface area contributed by atoms with E-state index in [0.717, 1.165) is 76.5 Å². The summed E-state index contributed by atoms with van der Waals surface area (Å²) < 4.78 is 68.8. The van der Waals surface area contributed by atoms with Gasteiger partial charge in [-0.2, -0.15) is 0 Å². The summed E-state index contributed by atoms with van der Waals surface area (Å²) in [6, 6.07) is 39.9. The Morgan fingerprint density at radius 3 is 1.98 bits per heavy atom. The second-order valence-electron chi connectivity index (χ2n) is 11.9. The highest BCUT2D eigenvalue weighted by atomic mass is 16.3. The molecule has 47 heavy (non-hydrogen) atoms. The van der Waals surface area contributed by atoms with E-state index in [0.29, 0.717) is 5.56 Å². The fraction of sp³-hybridized carbons (Fsp3) is 0. The fourth-order valence-electron chi connectivity index (χ4n) is 7.31. The van der Waals surface area contributed by atoms with Crippen molar-refractivity contribution in [2.75, 3.05) is 0 Å². The quantitative estimate of drug-likeness (QED) is 0.183. The molecular weight excluding hydrogens is 569 g/mol. The standard InChI is InChI=1S/C46H28O/c1-2-12-29(13-3-1)32-25-26-38-41(28-32)44(35-21-10-16-30-14-4-6-17-33(30)35)37-20-9-8-19-36(37)43(38)39-22-11-23-42-45(39)40-27-24-31-15-5-7-18-34(31)46(40)47-42/h1-28H/i4D,6D,10D,14D,16D,17D,21D. The molecule has 0 saturated carbocycles. The monoisotopic (exact) mass is 603 g/mol. The van der Waals surface area contributed by atoms with Gasteiger partial charge >= 0.3 is 0 Å². The topological polar surface area (TPSA) is 13.1 Å². The first-order valence-electron chi connectivity index (χ1n) is 19.1. The van der Waals surface area contributed by atoms with Gasteiger partial charge in [-0.25, -0.2) is 0 Å². The zero-order valence-electron chi connectivity index (χ0n) is 32.0. The van der Waals surface area contributed by atoms with Gasteiger partial charge in [0, 0.05) is 16.2 Å². The van der Waals surface area contributed by atoms with Crippen molar-refractivity contribution in [2.45, 2.75) is 0 Å². The lowest BCUT2D eigenvalue weighted by atomic mass is 9.83. The van der Waals surface area contributed by atoms with E-state index in [-0.39, 0.29) is 28.4 Å². The third kappa shape index (κ3) is 3.90. The number of rotatable bonds is 3. The van der Waals surface area contributed by atoms with E-state index in [4.69, 9.17) is 12.6 Å². The Balaban J connectivity index is 1.43. The first kappa shape index (κ1) is 20.0. The van der Waals surface area contributed by atoms with Crippen molar-refractivity contribution in [2.24, 2.45) is 0 Å². The van der Waals surface area contributed by atoms with Crippen molar-refractivity contribution in [1.29, 1.82) is 0 Å². The summed E-state index contributed by atoms with van der Waals surface area (Å²) >= 11 is 0. The molecule has 9 aromatic carbocycles. The van der Waals surface area contributed by atoms with Gasteiger partial charge in [-0.05, 0) is 89.3 Å². The Kier molecular flexibility index (Phi) is 4.34. The van der Waals surface area contributed by atoms with Gasteiger partial charge < -0.3 is 4.42 Å². The second kappa shape index (κ2) is 10.2. The summed E-state index contributed by atoms with van der Waals surface area (Å²) in [5.74, 6) is 0. The molecule has 10 rings (SSSR count). The van der Waals surface area contributed by atoms with Gasteiger partial charge in [-0.1, -0.05) is 151 Å². The normalized spacial score (nSPS) is 13.9. The molecule has 1 nitrogen and oxygen atoms in total. The van der Waals surface area contributed by atoms with Crippen LogP contribution in [0.15, 0.2) is 174 Å². The lowest BCUT2D eigenvalue weighted by Crippen LogP contribution is -1.93. The van der Waals surface area contributed by atoms with Crippen LogP contribution in [0.4, 0.5) is 0 Å². The zero-order chi connectivity index (χ0) is 37.0. The minimum Gasteiger partial charge on any atom is -0.455 e. The lowest BCUT2D eigenvalue weighted by molar-refractivity contribution is 0.673. The molecule has 0 aliphatic heterocycles. The van der Waals surface area contributed by atoms with Gasteiger partial charge in [0.15, 0.2) is 0 Å². The predicted molar refractivity (Wildman–Crippen MR) is 200 cm³/mol. The molecule has 0 radical (unpaired) electrons. The molecule has 0 unspecified atom stereocenters. The van der Waals surface area contributed by atoms with Crippen LogP contribution in [0.2, 0.25) is 0 Å². The molecule has 0 aliphatic carbocycles. The van der Waals surface area contributed by atoms with E-state index in [1.54, 1.807) is 0 Å². The summed E-state index contributed by atoms with van der Waals surface area (Å²) in [4.78, 5) is 0. The zero-order valence-corrected chi connectivity index (χ0v) is 25.0. The molecule has 0 fully saturated rings. The summed E-state index contributed by atoms with van der Waals surface area (Å²) in [5, 5.41) is 7.29. The van der Waals surface area contributed by atoms with E-state index < -0.39 is 30.2 Å². The average molecular weight is 604 g/mol. The maximum atomic E-state index is 9.40. The molecule has 218 valence electrons. The first-order valence-corrected chi connectivity index (χ1v) is 15.6. The molecule has 0 saturated heterocycles. The largest absolute Gasteiger partial charge is 0.455 e. The molecule has 0 spiro atoms. The van der Waals surface area contributed by atoms with Gasteiger partial charge in [0.2, 0.25) is 0 Å². The highest BCUT2D eigenvalue weighted by Gasteiger charge is 2.22. The smallest absolute Gasteiger partial charge is 0.143 e. The number of hydrogen-bond donors (Lipinski definition) is 0. The Morgan fingerprint density at radius 1 is 0.404 bits per heavy atom. The minimum absolute atomic E-state index is 0.0612.